The van der Waals surface area contributed by atoms with Gasteiger partial charge in [0, 0.05) is 22.6 Å². The lowest BCUT2D eigenvalue weighted by atomic mass is 9.92. The van der Waals surface area contributed by atoms with Gasteiger partial charge in [-0.05, 0) is 31.4 Å². The summed E-state index contributed by atoms with van der Waals surface area (Å²) in [6, 6.07) is 3.82. The Balaban J connectivity index is 0.00000484. The van der Waals surface area contributed by atoms with Gasteiger partial charge >= 0.3 is 0 Å². The summed E-state index contributed by atoms with van der Waals surface area (Å²) in [7, 11) is -4.06. The van der Waals surface area contributed by atoms with Crippen molar-refractivity contribution in [2.45, 2.75) is 37.6 Å². The number of sulfonamides is 1. The first-order valence-corrected chi connectivity index (χ1v) is 8.96. The third-order valence-electron chi connectivity index (χ3n) is 3.10. The Morgan fingerprint density at radius 1 is 1.43 bits per heavy atom. The lowest BCUT2D eigenvalue weighted by Gasteiger charge is -2.30. The van der Waals surface area contributed by atoms with Gasteiger partial charge in [0.15, 0.2) is 4.90 Å². The zero-order valence-electron chi connectivity index (χ0n) is 13.1. The molecule has 0 heterocycles. The van der Waals surface area contributed by atoms with Crippen LogP contribution in [0.3, 0.4) is 0 Å². The molecule has 1 rings (SSSR count). The Kier molecular flexibility index (Phi) is 8.12. The summed E-state index contributed by atoms with van der Waals surface area (Å²) in [5, 5.41) is 11.1. The first-order valence-electron chi connectivity index (χ1n) is 6.69. The minimum Gasteiger partial charge on any atom is -0.329 e. The van der Waals surface area contributed by atoms with Gasteiger partial charge in [-0.25, -0.2) is 13.1 Å². The Bertz CT molecular complexity index is 669. The number of hydrogen-bond donors (Lipinski definition) is 2. The van der Waals surface area contributed by atoms with Gasteiger partial charge in [0.2, 0.25) is 10.0 Å². The van der Waals surface area contributed by atoms with Crippen molar-refractivity contribution in [3.63, 3.8) is 0 Å². The molecule has 10 heteroatoms. The van der Waals surface area contributed by atoms with E-state index in [4.69, 9.17) is 5.73 Å². The molecule has 1 aromatic rings. The SMILES string of the molecule is CC(C)CC(C)(CN)NS(=O)(=O)c1ccc(Br)cc1[N+](=O)[O-].Cl. The van der Waals surface area contributed by atoms with Crippen molar-refractivity contribution in [1.82, 2.24) is 4.72 Å². The number of nitrogens with zero attached hydrogens (tertiary/aromatic N) is 1. The van der Waals surface area contributed by atoms with Crippen molar-refractivity contribution in [2.75, 3.05) is 6.54 Å². The molecule has 3 N–H and O–H groups in total. The molecule has 0 amide bonds. The van der Waals surface area contributed by atoms with Gasteiger partial charge < -0.3 is 5.73 Å². The highest BCUT2D eigenvalue weighted by molar-refractivity contribution is 9.10. The van der Waals surface area contributed by atoms with Gasteiger partial charge in [-0.2, -0.15) is 0 Å². The molecular weight excluding hydrogens is 410 g/mol. The lowest BCUT2D eigenvalue weighted by Crippen LogP contribution is -2.52. The van der Waals surface area contributed by atoms with Crippen LogP contribution in [0.25, 0.3) is 0 Å². The van der Waals surface area contributed by atoms with Crippen LogP contribution < -0.4 is 10.5 Å². The normalized spacial score (nSPS) is 14.2. The number of benzene rings is 1. The smallest absolute Gasteiger partial charge is 0.290 e. The zero-order chi connectivity index (χ0) is 17.1. The van der Waals surface area contributed by atoms with Crippen LogP contribution in [0.5, 0.6) is 0 Å². The van der Waals surface area contributed by atoms with E-state index in [0.717, 1.165) is 6.07 Å². The van der Waals surface area contributed by atoms with E-state index in [1.165, 1.54) is 12.1 Å². The predicted octanol–water partition coefficient (Wildman–Crippen LogP) is 2.82. The molecule has 0 aromatic heterocycles. The molecule has 1 aromatic carbocycles. The van der Waals surface area contributed by atoms with Crippen LogP contribution in [0.4, 0.5) is 5.69 Å². The summed E-state index contributed by atoms with van der Waals surface area (Å²) in [4.78, 5) is 10.0. The maximum atomic E-state index is 12.5. The van der Waals surface area contributed by atoms with Crippen LogP contribution in [-0.2, 0) is 10.0 Å². The van der Waals surface area contributed by atoms with Crippen LogP contribution >= 0.6 is 28.3 Å². The van der Waals surface area contributed by atoms with Crippen LogP contribution in [0.15, 0.2) is 27.6 Å². The molecule has 0 fully saturated rings. The highest BCUT2D eigenvalue weighted by atomic mass is 79.9. The van der Waals surface area contributed by atoms with E-state index < -0.39 is 26.2 Å². The van der Waals surface area contributed by atoms with Crippen molar-refractivity contribution < 1.29 is 13.3 Å². The maximum Gasteiger partial charge on any atom is 0.290 e. The van der Waals surface area contributed by atoms with Gasteiger partial charge in [-0.3, -0.25) is 10.1 Å². The van der Waals surface area contributed by atoms with Crippen molar-refractivity contribution >= 4 is 44.0 Å². The molecule has 0 saturated heterocycles. The highest BCUT2D eigenvalue weighted by Gasteiger charge is 2.34. The topological polar surface area (TPSA) is 115 Å². The van der Waals surface area contributed by atoms with Crippen molar-refractivity contribution in [1.29, 1.82) is 0 Å². The average Bonchev–Trinajstić information content (AvgIpc) is 2.36. The summed E-state index contributed by atoms with van der Waals surface area (Å²) < 4.78 is 28.0. The van der Waals surface area contributed by atoms with Crippen LogP contribution in [-0.4, -0.2) is 25.4 Å². The van der Waals surface area contributed by atoms with Crippen molar-refractivity contribution in [3.05, 3.63) is 32.8 Å². The second-order valence-corrected chi connectivity index (χ2v) is 8.40. The molecule has 1 unspecified atom stereocenters. The first-order chi connectivity index (χ1) is 10.0. The summed E-state index contributed by atoms with van der Waals surface area (Å²) in [5.74, 6) is 0.219. The second-order valence-electron chi connectivity index (χ2n) is 5.84. The number of nitro groups is 1. The van der Waals surface area contributed by atoms with E-state index in [-0.39, 0.29) is 29.8 Å². The van der Waals surface area contributed by atoms with Crippen molar-refractivity contribution in [2.24, 2.45) is 11.7 Å². The average molecular weight is 431 g/mol. The molecule has 1 atom stereocenters. The van der Waals surface area contributed by atoms with Crippen LogP contribution in [0, 0.1) is 16.0 Å². The fraction of sp³-hybridized carbons (Fsp3) is 0.538. The highest BCUT2D eigenvalue weighted by Crippen LogP contribution is 2.29. The molecule has 7 nitrogen and oxygen atoms in total. The minimum atomic E-state index is -4.06. The molecule has 0 aliphatic carbocycles. The van der Waals surface area contributed by atoms with Gasteiger partial charge in [0.05, 0.1) is 4.92 Å². The third kappa shape index (κ3) is 6.00. The maximum absolute atomic E-state index is 12.5. The largest absolute Gasteiger partial charge is 0.329 e. The molecule has 0 aliphatic heterocycles. The number of halogens is 2. The first kappa shape index (κ1) is 22.3. The van der Waals surface area contributed by atoms with Gasteiger partial charge in [-0.1, -0.05) is 29.8 Å². The summed E-state index contributed by atoms with van der Waals surface area (Å²) in [6.45, 7) is 5.68. The van der Waals surface area contributed by atoms with E-state index in [1.54, 1.807) is 6.92 Å². The minimum absolute atomic E-state index is 0. The number of rotatable bonds is 7. The Morgan fingerprint density at radius 3 is 2.43 bits per heavy atom. The number of nitrogens with two attached hydrogens (primary N) is 1. The van der Waals surface area contributed by atoms with Crippen molar-refractivity contribution in [3.8, 4) is 0 Å². The molecule has 0 bridgehead atoms. The number of nitrogens with one attached hydrogen (secondary N) is 1. The van der Waals surface area contributed by atoms with E-state index >= 15 is 0 Å². The summed E-state index contributed by atoms with van der Waals surface area (Å²) in [6.07, 6.45) is 0.521. The molecule has 132 valence electrons. The molecule has 0 spiro atoms. The van der Waals surface area contributed by atoms with E-state index in [9.17, 15) is 18.5 Å². The predicted molar refractivity (Wildman–Crippen MR) is 95.3 cm³/mol. The van der Waals surface area contributed by atoms with Crippen LogP contribution in [0.2, 0.25) is 0 Å². The van der Waals surface area contributed by atoms with Gasteiger partial charge in [0.1, 0.15) is 0 Å². The Labute approximate surface area is 150 Å². The number of nitro benzene ring substituents is 1. The molecule has 0 aliphatic rings. The van der Waals surface area contributed by atoms with E-state index in [2.05, 4.69) is 20.7 Å². The molecule has 0 radical (unpaired) electrons. The quantitative estimate of drug-likeness (QED) is 0.510. The van der Waals surface area contributed by atoms with Crippen LogP contribution in [0.1, 0.15) is 27.2 Å². The summed E-state index contributed by atoms with van der Waals surface area (Å²) in [5.41, 5.74) is 4.35. The fourth-order valence-corrected chi connectivity index (χ4v) is 4.24. The fourth-order valence-electron chi connectivity index (χ4n) is 2.31. The Hall–Kier alpha value is -0.740. The lowest BCUT2D eigenvalue weighted by molar-refractivity contribution is -0.387. The standard InChI is InChI=1S/C13H20BrN3O4S.ClH/c1-9(2)7-13(3,8-15)16-22(20,21)12-5-4-10(14)6-11(12)17(18)19;/h4-6,9,16H,7-8,15H2,1-3H3;1H. The number of hydrogen-bond acceptors (Lipinski definition) is 5. The monoisotopic (exact) mass is 429 g/mol. The molecule has 0 saturated carbocycles. The van der Waals surface area contributed by atoms with Gasteiger partial charge in [0.25, 0.3) is 5.69 Å². The molecular formula is C13H21BrClN3O4S. The molecule has 23 heavy (non-hydrogen) atoms. The van der Waals surface area contributed by atoms with E-state index in [1.807, 2.05) is 13.8 Å². The van der Waals surface area contributed by atoms with Gasteiger partial charge in [-0.15, -0.1) is 12.4 Å². The Morgan fingerprint density at radius 2 is 2.00 bits per heavy atom. The van der Waals surface area contributed by atoms with E-state index in [0.29, 0.717) is 10.9 Å². The summed E-state index contributed by atoms with van der Waals surface area (Å²) >= 11 is 3.10. The second kappa shape index (κ2) is 8.39. The third-order valence-corrected chi connectivity index (χ3v) is 5.28. The zero-order valence-corrected chi connectivity index (χ0v) is 16.3.